The highest BCUT2D eigenvalue weighted by Crippen LogP contribution is 2.24. The van der Waals surface area contributed by atoms with E-state index in [2.05, 4.69) is 5.32 Å². The number of nitrogens with zero attached hydrogens (tertiary/aromatic N) is 2. The van der Waals surface area contributed by atoms with Crippen molar-refractivity contribution in [2.45, 2.75) is 26.8 Å². The fourth-order valence-electron chi connectivity index (χ4n) is 2.03. The van der Waals surface area contributed by atoms with Crippen molar-refractivity contribution in [1.29, 1.82) is 0 Å². The Morgan fingerprint density at radius 1 is 1.48 bits per heavy atom. The highest BCUT2D eigenvalue weighted by molar-refractivity contribution is 5.89. The lowest BCUT2D eigenvalue weighted by Crippen LogP contribution is -2.48. The van der Waals surface area contributed by atoms with Gasteiger partial charge in [-0.25, -0.2) is 4.79 Å². The van der Waals surface area contributed by atoms with Gasteiger partial charge in [0.05, 0.1) is 17.6 Å². The van der Waals surface area contributed by atoms with Gasteiger partial charge in [-0.1, -0.05) is 26.8 Å². The van der Waals surface area contributed by atoms with Crippen molar-refractivity contribution in [3.8, 4) is 0 Å². The Morgan fingerprint density at radius 3 is 2.57 bits per heavy atom. The average Bonchev–Trinajstić information content (AvgIpc) is 2.37. The molecule has 0 heterocycles. The maximum absolute atomic E-state index is 12.2. The van der Waals surface area contributed by atoms with Crippen LogP contribution in [0, 0.1) is 15.5 Å². The first-order valence-electron chi connectivity index (χ1n) is 6.56. The van der Waals surface area contributed by atoms with Crippen molar-refractivity contribution in [2.75, 3.05) is 19.0 Å². The second-order valence-corrected chi connectivity index (χ2v) is 5.91. The molecule has 2 amide bonds. The predicted octanol–water partition coefficient (Wildman–Crippen LogP) is 2.47. The summed E-state index contributed by atoms with van der Waals surface area (Å²) in [6.07, 6.45) is 0. The van der Waals surface area contributed by atoms with E-state index in [-0.39, 0.29) is 23.8 Å². The molecule has 0 unspecified atom stereocenters. The number of rotatable bonds is 4. The first-order valence-corrected chi connectivity index (χ1v) is 6.56. The molecule has 0 aromatic heterocycles. The molecule has 21 heavy (non-hydrogen) atoms. The summed E-state index contributed by atoms with van der Waals surface area (Å²) in [5, 5.41) is 22.8. The van der Waals surface area contributed by atoms with Gasteiger partial charge in [0.2, 0.25) is 0 Å². The van der Waals surface area contributed by atoms with Gasteiger partial charge in [-0.05, 0) is 11.5 Å². The van der Waals surface area contributed by atoms with Crippen LogP contribution in [0.2, 0.25) is 0 Å². The quantitative estimate of drug-likeness (QED) is 0.658. The summed E-state index contributed by atoms with van der Waals surface area (Å²) < 4.78 is 0. The van der Waals surface area contributed by atoms with E-state index in [0.717, 1.165) is 0 Å². The molecule has 0 aliphatic rings. The van der Waals surface area contributed by atoms with Crippen molar-refractivity contribution < 1.29 is 14.8 Å². The Kier molecular flexibility index (Phi) is 5.26. The van der Waals surface area contributed by atoms with Crippen LogP contribution in [-0.4, -0.2) is 40.7 Å². The van der Waals surface area contributed by atoms with Crippen LogP contribution in [0.15, 0.2) is 24.3 Å². The number of carbonyl (C=O) groups is 1. The number of anilines is 1. The molecule has 1 atom stereocenters. The van der Waals surface area contributed by atoms with Crippen molar-refractivity contribution in [3.63, 3.8) is 0 Å². The number of nitrogens with one attached hydrogen (secondary N) is 1. The molecular weight excluding hydrogens is 274 g/mol. The second kappa shape index (κ2) is 6.53. The molecule has 0 aliphatic carbocycles. The van der Waals surface area contributed by atoms with E-state index in [0.29, 0.717) is 5.69 Å². The number of hydrogen-bond acceptors (Lipinski definition) is 4. The number of urea groups is 1. The Hall–Kier alpha value is -2.15. The van der Waals surface area contributed by atoms with Crippen LogP contribution < -0.4 is 5.32 Å². The zero-order valence-electron chi connectivity index (χ0n) is 12.7. The van der Waals surface area contributed by atoms with E-state index in [1.54, 1.807) is 13.1 Å². The van der Waals surface area contributed by atoms with E-state index >= 15 is 0 Å². The monoisotopic (exact) mass is 295 g/mol. The van der Waals surface area contributed by atoms with Gasteiger partial charge in [0.1, 0.15) is 0 Å². The Morgan fingerprint density at radius 2 is 2.10 bits per heavy atom. The summed E-state index contributed by atoms with van der Waals surface area (Å²) in [7, 11) is 1.58. The van der Waals surface area contributed by atoms with Crippen molar-refractivity contribution >= 4 is 17.4 Å². The minimum atomic E-state index is -0.523. The van der Waals surface area contributed by atoms with Gasteiger partial charge in [-0.2, -0.15) is 0 Å². The molecule has 7 nitrogen and oxygen atoms in total. The van der Waals surface area contributed by atoms with Gasteiger partial charge in [-0.3, -0.25) is 10.1 Å². The van der Waals surface area contributed by atoms with Gasteiger partial charge in [0.25, 0.3) is 5.69 Å². The third kappa shape index (κ3) is 4.42. The van der Waals surface area contributed by atoms with Crippen LogP contribution in [0.5, 0.6) is 0 Å². The minimum absolute atomic E-state index is 0.0926. The predicted molar refractivity (Wildman–Crippen MR) is 80.2 cm³/mol. The van der Waals surface area contributed by atoms with Crippen LogP contribution >= 0.6 is 0 Å². The lowest BCUT2D eigenvalue weighted by Gasteiger charge is -2.36. The summed E-state index contributed by atoms with van der Waals surface area (Å²) in [6.45, 7) is 5.60. The summed E-state index contributed by atoms with van der Waals surface area (Å²) in [5.74, 6) is 0. The first-order chi connectivity index (χ1) is 9.66. The SMILES string of the molecule is CN(C(=O)Nc1cccc([N+](=O)[O-])c1)[C@@H](CO)C(C)(C)C. The molecule has 116 valence electrons. The molecule has 7 heteroatoms. The van der Waals surface area contributed by atoms with Crippen LogP contribution in [0.1, 0.15) is 20.8 Å². The molecule has 1 aromatic carbocycles. The maximum atomic E-state index is 12.2. The number of hydrogen-bond donors (Lipinski definition) is 2. The number of aliphatic hydroxyl groups is 1. The third-order valence-corrected chi connectivity index (χ3v) is 3.27. The van der Waals surface area contributed by atoms with Crippen LogP contribution in [0.25, 0.3) is 0 Å². The number of aliphatic hydroxyl groups excluding tert-OH is 1. The number of benzene rings is 1. The summed E-state index contributed by atoms with van der Waals surface area (Å²) in [5.41, 5.74) is -0.0413. The second-order valence-electron chi connectivity index (χ2n) is 5.91. The normalized spacial score (nSPS) is 12.6. The van der Waals surface area contributed by atoms with Crippen molar-refractivity contribution in [2.24, 2.45) is 5.41 Å². The number of nitro groups is 1. The number of nitro benzene ring substituents is 1. The fourth-order valence-corrected chi connectivity index (χ4v) is 2.03. The Balaban J connectivity index is 2.85. The molecule has 0 saturated heterocycles. The fraction of sp³-hybridized carbons (Fsp3) is 0.500. The van der Waals surface area contributed by atoms with Gasteiger partial charge < -0.3 is 15.3 Å². The van der Waals surface area contributed by atoms with E-state index in [9.17, 15) is 20.0 Å². The molecule has 0 bridgehead atoms. The molecule has 2 N–H and O–H groups in total. The van der Waals surface area contributed by atoms with Gasteiger partial charge in [0.15, 0.2) is 0 Å². The van der Waals surface area contributed by atoms with E-state index in [4.69, 9.17) is 0 Å². The van der Waals surface area contributed by atoms with E-state index in [1.807, 2.05) is 20.8 Å². The number of non-ortho nitro benzene ring substituents is 1. The molecule has 1 aromatic rings. The van der Waals surface area contributed by atoms with Crippen LogP contribution in [0.4, 0.5) is 16.2 Å². The van der Waals surface area contributed by atoms with Gasteiger partial charge >= 0.3 is 6.03 Å². The topological polar surface area (TPSA) is 95.7 Å². The molecular formula is C14H21N3O4. The first kappa shape index (κ1) is 16.9. The third-order valence-electron chi connectivity index (χ3n) is 3.27. The smallest absolute Gasteiger partial charge is 0.321 e. The number of amides is 2. The van der Waals surface area contributed by atoms with Crippen LogP contribution in [-0.2, 0) is 0 Å². The standard InChI is InChI=1S/C14H21N3O4/c1-14(2,3)12(9-18)16(4)13(19)15-10-6-5-7-11(8-10)17(20)21/h5-8,12,18H,9H2,1-4H3,(H,15,19)/t12-/m0/s1. The van der Waals surface area contributed by atoms with Crippen molar-refractivity contribution in [3.05, 3.63) is 34.4 Å². The molecule has 1 rings (SSSR count). The lowest BCUT2D eigenvalue weighted by molar-refractivity contribution is -0.384. The molecule has 0 aliphatic heterocycles. The maximum Gasteiger partial charge on any atom is 0.321 e. The zero-order chi connectivity index (χ0) is 16.2. The Bertz CT molecular complexity index is 525. The van der Waals surface area contributed by atoms with Gasteiger partial charge in [0, 0.05) is 24.9 Å². The lowest BCUT2D eigenvalue weighted by atomic mass is 9.86. The van der Waals surface area contributed by atoms with Crippen LogP contribution in [0.3, 0.4) is 0 Å². The van der Waals surface area contributed by atoms with E-state index < -0.39 is 11.0 Å². The molecule has 0 spiro atoms. The van der Waals surface area contributed by atoms with Gasteiger partial charge in [-0.15, -0.1) is 0 Å². The van der Waals surface area contributed by atoms with Crippen molar-refractivity contribution in [1.82, 2.24) is 4.90 Å². The Labute approximate surface area is 123 Å². The molecule has 0 radical (unpaired) electrons. The molecule has 0 fully saturated rings. The zero-order valence-corrected chi connectivity index (χ0v) is 12.7. The summed E-state index contributed by atoms with van der Waals surface area (Å²) in [6, 6.07) is 4.92. The highest BCUT2D eigenvalue weighted by Gasteiger charge is 2.30. The summed E-state index contributed by atoms with van der Waals surface area (Å²) >= 11 is 0. The summed E-state index contributed by atoms with van der Waals surface area (Å²) in [4.78, 5) is 23.8. The molecule has 0 saturated carbocycles. The van der Waals surface area contributed by atoms with E-state index in [1.165, 1.54) is 23.1 Å². The number of carbonyl (C=O) groups excluding carboxylic acids is 1. The number of likely N-dealkylation sites (N-methyl/N-ethyl adjacent to an activating group) is 1. The largest absolute Gasteiger partial charge is 0.394 e. The highest BCUT2D eigenvalue weighted by atomic mass is 16.6. The minimum Gasteiger partial charge on any atom is -0.394 e. The average molecular weight is 295 g/mol.